The van der Waals surface area contributed by atoms with Gasteiger partial charge in [-0.1, -0.05) is 0 Å². The molecule has 0 saturated carbocycles. The van der Waals surface area contributed by atoms with E-state index in [1.54, 1.807) is 37.7 Å². The molecule has 2 heterocycles. The fraction of sp³-hybridized carbons (Fsp3) is 0.421. The van der Waals surface area contributed by atoms with Crippen LogP contribution in [0.2, 0.25) is 0 Å². The molecule has 0 unspecified atom stereocenters. The number of amides is 2. The molecule has 0 N–H and O–H groups in total. The first-order valence-electron chi connectivity index (χ1n) is 8.84. The SMILES string of the molecule is CCOC(=O)c1nn(-c2ccc(OC)cc2)c2c1CN(C(=O)N(C)C)CC2. The average Bonchev–Trinajstić information content (AvgIpc) is 3.06. The van der Waals surface area contributed by atoms with Crippen LogP contribution < -0.4 is 4.74 Å². The van der Waals surface area contributed by atoms with Gasteiger partial charge in [-0.25, -0.2) is 14.3 Å². The van der Waals surface area contributed by atoms with Crippen molar-refractivity contribution < 1.29 is 19.1 Å². The number of esters is 1. The topological polar surface area (TPSA) is 76.9 Å². The van der Waals surface area contributed by atoms with E-state index in [-0.39, 0.29) is 18.3 Å². The second-order valence-electron chi connectivity index (χ2n) is 6.45. The Hall–Kier alpha value is -3.03. The maximum absolute atomic E-state index is 12.4. The summed E-state index contributed by atoms with van der Waals surface area (Å²) in [5.74, 6) is 0.272. The molecule has 1 aliphatic heterocycles. The number of rotatable bonds is 4. The molecule has 1 aromatic heterocycles. The summed E-state index contributed by atoms with van der Waals surface area (Å²) in [5, 5.41) is 4.52. The lowest BCUT2D eigenvalue weighted by Gasteiger charge is -2.30. The second-order valence-corrected chi connectivity index (χ2v) is 6.45. The number of hydrogen-bond acceptors (Lipinski definition) is 5. The van der Waals surface area contributed by atoms with E-state index in [1.807, 2.05) is 24.3 Å². The Balaban J connectivity index is 2.03. The number of carbonyl (C=O) groups excluding carboxylic acids is 2. The van der Waals surface area contributed by atoms with E-state index < -0.39 is 5.97 Å². The molecule has 0 atom stereocenters. The summed E-state index contributed by atoms with van der Waals surface area (Å²) in [6.07, 6.45) is 0.605. The number of hydrogen-bond donors (Lipinski definition) is 0. The maximum Gasteiger partial charge on any atom is 0.359 e. The zero-order valence-corrected chi connectivity index (χ0v) is 16.1. The molecule has 0 radical (unpaired) electrons. The first kappa shape index (κ1) is 18.8. The normalized spacial score (nSPS) is 13.1. The molecule has 144 valence electrons. The highest BCUT2D eigenvalue weighted by Crippen LogP contribution is 2.27. The van der Waals surface area contributed by atoms with Crippen molar-refractivity contribution in [3.8, 4) is 11.4 Å². The molecule has 0 saturated heterocycles. The molecule has 8 nitrogen and oxygen atoms in total. The number of carbonyl (C=O) groups is 2. The minimum absolute atomic E-state index is 0.0901. The Kier molecular flexibility index (Phi) is 5.34. The first-order valence-corrected chi connectivity index (χ1v) is 8.84. The van der Waals surface area contributed by atoms with Gasteiger partial charge in [0.15, 0.2) is 5.69 Å². The third-order valence-electron chi connectivity index (χ3n) is 4.50. The Morgan fingerprint density at radius 1 is 1.22 bits per heavy atom. The average molecular weight is 372 g/mol. The van der Waals surface area contributed by atoms with Gasteiger partial charge in [0, 0.05) is 32.6 Å². The van der Waals surface area contributed by atoms with Crippen molar-refractivity contribution in [1.82, 2.24) is 19.6 Å². The standard InChI is InChI=1S/C19H24N4O4/c1-5-27-18(24)17-15-12-22(19(25)21(2)3)11-10-16(15)23(20-17)13-6-8-14(26-4)9-7-13/h6-9H,5,10-12H2,1-4H3. The number of nitrogens with zero attached hydrogens (tertiary/aromatic N) is 4. The van der Waals surface area contributed by atoms with Crippen molar-refractivity contribution in [3.05, 3.63) is 41.2 Å². The monoisotopic (exact) mass is 372 g/mol. The molecule has 1 aromatic carbocycles. The summed E-state index contributed by atoms with van der Waals surface area (Å²) < 4.78 is 12.1. The third kappa shape index (κ3) is 3.60. The molecular weight excluding hydrogens is 348 g/mol. The Morgan fingerprint density at radius 2 is 1.93 bits per heavy atom. The minimum atomic E-state index is -0.472. The van der Waals surface area contributed by atoms with Crippen LogP contribution in [0.15, 0.2) is 24.3 Å². The number of ether oxygens (including phenoxy) is 2. The second kappa shape index (κ2) is 7.69. The predicted octanol–water partition coefficient (Wildman–Crippen LogP) is 2.10. The van der Waals surface area contributed by atoms with Gasteiger partial charge in [0.25, 0.3) is 0 Å². The number of benzene rings is 1. The van der Waals surface area contributed by atoms with Gasteiger partial charge in [-0.05, 0) is 31.2 Å². The largest absolute Gasteiger partial charge is 0.497 e. The van der Waals surface area contributed by atoms with Gasteiger partial charge in [-0.15, -0.1) is 0 Å². The van der Waals surface area contributed by atoms with E-state index in [2.05, 4.69) is 5.10 Å². The summed E-state index contributed by atoms with van der Waals surface area (Å²) in [6.45, 7) is 2.92. The minimum Gasteiger partial charge on any atom is -0.497 e. The summed E-state index contributed by atoms with van der Waals surface area (Å²) >= 11 is 0. The first-order chi connectivity index (χ1) is 13.0. The highest BCUT2D eigenvalue weighted by atomic mass is 16.5. The van der Waals surface area contributed by atoms with Gasteiger partial charge in [-0.3, -0.25) is 0 Å². The molecule has 0 fully saturated rings. The number of fused-ring (bicyclic) bond motifs is 1. The van der Waals surface area contributed by atoms with Crippen molar-refractivity contribution in [1.29, 1.82) is 0 Å². The summed E-state index contributed by atoms with van der Waals surface area (Å²) in [4.78, 5) is 28.0. The summed E-state index contributed by atoms with van der Waals surface area (Å²) in [7, 11) is 5.04. The van der Waals surface area contributed by atoms with Crippen LogP contribution in [-0.2, 0) is 17.7 Å². The molecule has 27 heavy (non-hydrogen) atoms. The number of aromatic nitrogens is 2. The Bertz CT molecular complexity index is 842. The van der Waals surface area contributed by atoms with E-state index in [0.717, 1.165) is 22.7 Å². The quantitative estimate of drug-likeness (QED) is 0.768. The lowest BCUT2D eigenvalue weighted by molar-refractivity contribution is 0.0516. The van der Waals surface area contributed by atoms with E-state index in [9.17, 15) is 9.59 Å². The van der Waals surface area contributed by atoms with Crippen LogP contribution in [0.1, 0.15) is 28.7 Å². The van der Waals surface area contributed by atoms with Gasteiger partial charge >= 0.3 is 12.0 Å². The highest BCUT2D eigenvalue weighted by molar-refractivity contribution is 5.89. The smallest absolute Gasteiger partial charge is 0.359 e. The van der Waals surface area contributed by atoms with Crippen LogP contribution in [-0.4, -0.2) is 65.9 Å². The van der Waals surface area contributed by atoms with Crippen LogP contribution in [0.4, 0.5) is 4.79 Å². The summed E-state index contributed by atoms with van der Waals surface area (Å²) in [5.41, 5.74) is 2.76. The summed E-state index contributed by atoms with van der Waals surface area (Å²) in [6, 6.07) is 7.38. The van der Waals surface area contributed by atoms with Crippen molar-refractivity contribution in [2.45, 2.75) is 19.9 Å². The van der Waals surface area contributed by atoms with Gasteiger partial charge < -0.3 is 19.3 Å². The molecular formula is C19H24N4O4. The molecule has 8 heteroatoms. The Morgan fingerprint density at radius 3 is 2.52 bits per heavy atom. The van der Waals surface area contributed by atoms with Crippen molar-refractivity contribution in [2.24, 2.45) is 0 Å². The fourth-order valence-corrected chi connectivity index (χ4v) is 3.17. The lowest BCUT2D eigenvalue weighted by atomic mass is 10.0. The molecule has 0 spiro atoms. The van der Waals surface area contributed by atoms with Crippen molar-refractivity contribution in [2.75, 3.05) is 34.4 Å². The third-order valence-corrected chi connectivity index (χ3v) is 4.50. The van der Waals surface area contributed by atoms with Gasteiger partial charge in [0.1, 0.15) is 5.75 Å². The molecule has 1 aliphatic rings. The van der Waals surface area contributed by atoms with E-state index in [0.29, 0.717) is 19.5 Å². The van der Waals surface area contributed by atoms with E-state index in [1.165, 1.54) is 4.90 Å². The number of methoxy groups -OCH3 is 1. The number of urea groups is 1. The fourth-order valence-electron chi connectivity index (χ4n) is 3.17. The van der Waals surface area contributed by atoms with Crippen LogP contribution in [0, 0.1) is 0 Å². The van der Waals surface area contributed by atoms with Crippen molar-refractivity contribution >= 4 is 12.0 Å². The predicted molar refractivity (Wildman–Crippen MR) is 99.3 cm³/mol. The zero-order valence-electron chi connectivity index (χ0n) is 16.1. The lowest BCUT2D eigenvalue weighted by Crippen LogP contribution is -2.42. The van der Waals surface area contributed by atoms with Gasteiger partial charge in [0.05, 0.1) is 31.6 Å². The maximum atomic E-state index is 12.4. The molecule has 3 rings (SSSR count). The zero-order chi connectivity index (χ0) is 19.6. The molecule has 0 aliphatic carbocycles. The Labute approximate surface area is 158 Å². The molecule has 0 bridgehead atoms. The van der Waals surface area contributed by atoms with Crippen LogP contribution >= 0.6 is 0 Å². The van der Waals surface area contributed by atoms with Gasteiger partial charge in [-0.2, -0.15) is 5.10 Å². The highest BCUT2D eigenvalue weighted by Gasteiger charge is 2.31. The van der Waals surface area contributed by atoms with Crippen molar-refractivity contribution in [3.63, 3.8) is 0 Å². The van der Waals surface area contributed by atoms with Gasteiger partial charge in [0.2, 0.25) is 0 Å². The van der Waals surface area contributed by atoms with E-state index >= 15 is 0 Å². The molecule has 2 aromatic rings. The van der Waals surface area contributed by atoms with Crippen LogP contribution in [0.5, 0.6) is 5.75 Å². The van der Waals surface area contributed by atoms with E-state index in [4.69, 9.17) is 9.47 Å². The van der Waals surface area contributed by atoms with Crippen LogP contribution in [0.3, 0.4) is 0 Å². The molecule has 2 amide bonds. The van der Waals surface area contributed by atoms with Crippen LogP contribution in [0.25, 0.3) is 5.69 Å².